The molecule has 0 saturated heterocycles. The van der Waals surface area contributed by atoms with Crippen LogP contribution in [0.25, 0.3) is 0 Å². The van der Waals surface area contributed by atoms with Gasteiger partial charge in [-0.15, -0.1) is 0 Å². The number of aromatic hydroxyl groups is 1. The van der Waals surface area contributed by atoms with Gasteiger partial charge >= 0.3 is 17.9 Å². The summed E-state index contributed by atoms with van der Waals surface area (Å²) >= 11 is 5.40. The molecule has 0 aliphatic rings. The van der Waals surface area contributed by atoms with Crippen molar-refractivity contribution in [2.45, 2.75) is 196 Å². The van der Waals surface area contributed by atoms with Crippen LogP contribution in [-0.2, 0) is 114 Å². The van der Waals surface area contributed by atoms with Gasteiger partial charge in [0.05, 0.1) is 38.6 Å². The molecule has 0 aliphatic heterocycles. The number of carbonyl (C=O) groups is 21. The van der Waals surface area contributed by atoms with Gasteiger partial charge in [-0.1, -0.05) is 63.2 Å². The molecule has 0 heterocycles. The first-order chi connectivity index (χ1) is 56.3. The number of phenolic OH excluding ortho intramolecular Hbond substituents is 1. The molecule has 0 unspecified atom stereocenters. The van der Waals surface area contributed by atoms with E-state index in [1.807, 2.05) is 5.32 Å². The van der Waals surface area contributed by atoms with Gasteiger partial charge in [-0.25, -0.2) is 4.79 Å². The van der Waals surface area contributed by atoms with E-state index in [0.29, 0.717) is 11.3 Å². The highest BCUT2D eigenvalue weighted by Gasteiger charge is 2.39. The SMILES string of the molecule is CN[C@H](C(=O)N[C@@H](CCC(N)=O)C(=O)N[C@@H](CCSC)C(=O)N[C@@H](C)C(=O)NCC(=O)N[C@@H](CCC(N)=O)C(=O)N[C@@H](CS)C(=O)N[C@@H](CO)C(=O)N[C@@H](CCC(N)=O)C(=O)N[C@@H](CC(N)=O)C(=O)N[C@@H](CCC(=O)O)C(=O)N[C@@H](Cc1ccc(O)cc1)C(=O)N[C@@H](Cc1ccccc1)C(=O)N[C@@H](CC(=O)O)C(=O)N[C@@H](CO)C(=O)O)C(C)(C)C. The molecule has 0 aromatic heterocycles. The number of amides is 18. The van der Waals surface area contributed by atoms with E-state index in [4.69, 9.17) is 22.9 Å². The van der Waals surface area contributed by atoms with Gasteiger partial charge in [0.25, 0.3) is 0 Å². The summed E-state index contributed by atoms with van der Waals surface area (Å²) < 4.78 is 0. The minimum atomic E-state index is -2.18. The summed E-state index contributed by atoms with van der Waals surface area (Å²) in [6, 6.07) is -11.8. The number of carboxylic acids is 3. The molecule has 2 aromatic carbocycles. The number of benzene rings is 2. The van der Waals surface area contributed by atoms with Crippen LogP contribution in [0.15, 0.2) is 54.6 Å². The van der Waals surface area contributed by atoms with Gasteiger partial charge in [-0.2, -0.15) is 24.4 Å². The maximum absolute atomic E-state index is 14.6. The summed E-state index contributed by atoms with van der Waals surface area (Å²) in [6.45, 7) is 3.19. The summed E-state index contributed by atoms with van der Waals surface area (Å²) in [6.07, 6.45) is -6.41. The van der Waals surface area contributed by atoms with Gasteiger partial charge in [0, 0.05) is 44.3 Å². The Hall–Kier alpha value is -12.3. The van der Waals surface area contributed by atoms with E-state index in [9.17, 15) is 131 Å². The van der Waals surface area contributed by atoms with Crippen molar-refractivity contribution in [1.82, 2.24) is 79.8 Å². The number of hydrogen-bond acceptors (Lipinski definition) is 27. The molecule has 0 radical (unpaired) electrons. The molecular weight excluding hydrogens is 1630 g/mol. The summed E-state index contributed by atoms with van der Waals surface area (Å²) in [4.78, 5) is 278. The van der Waals surface area contributed by atoms with E-state index < -0.39 is 304 Å². The predicted molar refractivity (Wildman–Crippen MR) is 425 cm³/mol. The van der Waals surface area contributed by atoms with E-state index >= 15 is 0 Å². The van der Waals surface area contributed by atoms with Gasteiger partial charge in [0.2, 0.25) is 106 Å². The van der Waals surface area contributed by atoms with E-state index in [2.05, 4.69) is 87.1 Å². The maximum atomic E-state index is 14.6. The van der Waals surface area contributed by atoms with Crippen molar-refractivity contribution in [3.05, 3.63) is 65.7 Å². The highest BCUT2D eigenvalue weighted by Crippen LogP contribution is 2.20. The van der Waals surface area contributed by atoms with Crippen LogP contribution in [0.4, 0.5) is 0 Å². The zero-order valence-corrected chi connectivity index (χ0v) is 68.1. The number of phenols is 1. The Morgan fingerprint density at radius 2 is 0.750 bits per heavy atom. The highest BCUT2D eigenvalue weighted by atomic mass is 32.2. The number of aliphatic hydroxyl groups is 2. The van der Waals surface area contributed by atoms with Crippen LogP contribution in [0.1, 0.15) is 109 Å². The second-order valence-corrected chi connectivity index (χ2v) is 29.6. The maximum Gasteiger partial charge on any atom is 0.328 e. The zero-order chi connectivity index (χ0) is 90.8. The molecule has 48 heteroatoms. The molecule has 14 atom stereocenters. The van der Waals surface area contributed by atoms with Crippen LogP contribution in [0.5, 0.6) is 5.75 Å². The lowest BCUT2D eigenvalue weighted by Gasteiger charge is -2.31. The molecule has 0 aliphatic carbocycles. The van der Waals surface area contributed by atoms with Crippen molar-refractivity contribution in [2.24, 2.45) is 28.3 Å². The fraction of sp³-hybridized carbons (Fsp3) is 0.542. The van der Waals surface area contributed by atoms with Crippen molar-refractivity contribution in [2.75, 3.05) is 44.6 Å². The lowest BCUT2D eigenvalue weighted by Crippen LogP contribution is -2.61. The number of aliphatic hydroxyl groups excluding tert-OH is 2. The fourth-order valence-electron chi connectivity index (χ4n) is 11.1. The number of carboxylic acid groups (broad SMARTS) is 3. The van der Waals surface area contributed by atoms with Crippen molar-refractivity contribution in [3.8, 4) is 5.75 Å². The predicted octanol–water partition coefficient (Wildman–Crippen LogP) is -9.99. The van der Waals surface area contributed by atoms with Gasteiger partial charge in [0.15, 0.2) is 0 Å². The normalized spacial score (nSPS) is 14.5. The number of nitrogens with one attached hydrogen (secondary N) is 15. The van der Waals surface area contributed by atoms with E-state index in [1.165, 1.54) is 74.3 Å². The van der Waals surface area contributed by atoms with Gasteiger partial charge in [-0.3, -0.25) is 95.9 Å². The number of rotatable bonds is 56. The van der Waals surface area contributed by atoms with E-state index in [1.54, 1.807) is 33.1 Å². The van der Waals surface area contributed by atoms with Crippen LogP contribution >= 0.6 is 24.4 Å². The fourth-order valence-corrected chi connectivity index (χ4v) is 11.8. The minimum Gasteiger partial charge on any atom is -0.508 e. The Labute approximate surface area is 696 Å². The molecular formula is C72H107N19O27S2. The summed E-state index contributed by atoms with van der Waals surface area (Å²) in [7, 11) is 1.54. The van der Waals surface area contributed by atoms with Crippen molar-refractivity contribution in [1.29, 1.82) is 0 Å². The number of nitrogens with two attached hydrogens (primary N) is 4. The molecule has 0 saturated carbocycles. The van der Waals surface area contributed by atoms with Crippen LogP contribution in [0.3, 0.4) is 0 Å². The number of thioether (sulfide) groups is 1. The lowest BCUT2D eigenvalue weighted by molar-refractivity contribution is -0.144. The number of aliphatic carboxylic acids is 3. The Morgan fingerprint density at radius 3 is 1.15 bits per heavy atom. The molecule has 2 rings (SSSR count). The average molecular weight is 1730 g/mol. The molecule has 664 valence electrons. The third-order valence-corrected chi connectivity index (χ3v) is 18.5. The van der Waals surface area contributed by atoms with E-state index in [0.717, 1.165) is 0 Å². The van der Waals surface area contributed by atoms with Crippen LogP contribution in [0, 0.1) is 5.41 Å². The number of likely N-dealkylation sites (N-methyl/N-ethyl adjacent to an activating group) is 1. The third kappa shape index (κ3) is 38.8. The lowest BCUT2D eigenvalue weighted by atomic mass is 9.86. The highest BCUT2D eigenvalue weighted by molar-refractivity contribution is 7.98. The molecule has 0 fully saturated rings. The summed E-state index contributed by atoms with van der Waals surface area (Å²) in [5.41, 5.74) is 21.4. The Morgan fingerprint density at radius 1 is 0.400 bits per heavy atom. The van der Waals surface area contributed by atoms with Crippen molar-refractivity contribution < 1.29 is 131 Å². The largest absolute Gasteiger partial charge is 0.508 e. The average Bonchev–Trinajstić information content (AvgIpc) is 0.845. The first kappa shape index (κ1) is 104. The molecule has 2 aromatic rings. The quantitative estimate of drug-likeness (QED) is 0.0274. The Bertz CT molecular complexity index is 3970. The summed E-state index contributed by atoms with van der Waals surface area (Å²) in [5, 5.41) is 93.3. The molecule has 0 bridgehead atoms. The second-order valence-electron chi connectivity index (χ2n) is 28.3. The van der Waals surface area contributed by atoms with Crippen LogP contribution in [-0.4, -0.2) is 284 Å². The molecule has 29 N–H and O–H groups in total. The molecule has 18 amide bonds. The number of primary amides is 4. The monoisotopic (exact) mass is 1730 g/mol. The smallest absolute Gasteiger partial charge is 0.328 e. The standard InChI is InChI=1S/C72H107N19O27S2/c1-34(79-59(105)42(24-25-120-6)83-61(107)40(18-22-52(75)97)84-70(116)57(77-5)72(2,3)4)58(104)78-30-54(99)80-38(16-20-50(73)95)60(106)91-49(33-119)69(115)89-47(31-92)68(114)82-39(17-21-51(74)96)62(108)87-45(28-53(76)98)66(112)81-41(19-23-55(100)101)63(109)85-44(27-36-12-14-37(94)15-13-36)64(110)86-43(26-35-10-8-7-9-11-35)65(111)88-46(29-56(102)103)67(113)90-48(32-93)71(117)118/h7-15,34,38-49,57,77,92-94,119H,16-33H2,1-6H3,(H2,73,95)(H2,74,96)(H2,75,97)(H2,76,98)(H,78,104)(H,79,105)(H,80,99)(H,81,112)(H,82,114)(H,83,107)(H,84,116)(H,85,109)(H,86,110)(H,87,108)(H,88,111)(H,89,115)(H,90,113)(H,91,106)(H,100,101)(H,102,103)(H,117,118)/t34-,38-,39-,40-,41-,42-,43-,44-,45-,46-,47-,48-,49-,57+/m0/s1. The van der Waals surface area contributed by atoms with Gasteiger partial charge in [0.1, 0.15) is 84.3 Å². The minimum absolute atomic E-state index is 0.00914. The van der Waals surface area contributed by atoms with E-state index in [-0.39, 0.29) is 30.6 Å². The van der Waals surface area contributed by atoms with Crippen molar-refractivity contribution in [3.63, 3.8) is 0 Å². The van der Waals surface area contributed by atoms with Gasteiger partial charge < -0.3 is 133 Å². The number of thiol groups is 1. The van der Waals surface area contributed by atoms with Crippen LogP contribution < -0.4 is 103 Å². The Kier molecular flexibility index (Phi) is 45.4. The molecule has 0 spiro atoms. The Balaban J connectivity index is 2.43. The zero-order valence-electron chi connectivity index (χ0n) is 66.4. The summed E-state index contributed by atoms with van der Waals surface area (Å²) in [5.74, 6) is -26.2. The second kappa shape index (κ2) is 52.5. The number of hydrogen-bond donors (Lipinski definition) is 26. The third-order valence-electron chi connectivity index (χ3n) is 17.5. The number of carbonyl (C=O) groups excluding carboxylic acids is 18. The van der Waals surface area contributed by atoms with Crippen molar-refractivity contribution >= 4 is 149 Å². The first-order valence-electron chi connectivity index (χ1n) is 37.1. The molecule has 120 heavy (non-hydrogen) atoms. The molecule has 46 nitrogen and oxygen atoms in total. The van der Waals surface area contributed by atoms with Gasteiger partial charge in [-0.05, 0) is 86.8 Å². The topological polar surface area (TPSA) is 764 Å². The van der Waals surface area contributed by atoms with Crippen LogP contribution in [0.2, 0.25) is 0 Å². The first-order valence-corrected chi connectivity index (χ1v) is 39.1.